The molecule has 0 aliphatic carbocycles. The lowest BCUT2D eigenvalue weighted by molar-refractivity contribution is -0.427. The summed E-state index contributed by atoms with van der Waals surface area (Å²) in [6.45, 7) is 4.57. The van der Waals surface area contributed by atoms with Crippen molar-refractivity contribution in [2.24, 2.45) is 0 Å². The summed E-state index contributed by atoms with van der Waals surface area (Å²) >= 11 is 0.967. The molecule has 1 aromatic carbocycles. The Kier molecular flexibility index (Phi) is 10.8. The molecule has 2 rings (SSSR count). The van der Waals surface area contributed by atoms with E-state index in [1.165, 1.54) is 6.08 Å². The standard InChI is InChI=1S/C24H27NO12S/c1-12(26)33-11-19(34-13(2)27)21(35-14(3)28)22(36-15(4)29)23(37-16(5)30)24-18(25(31)32)10-17-8-6-7-9-20(17)38-24/h6-10,19,21-24H,11H2,1-5H3/t19-,21-,22+,23+,24+/m1/s1. The van der Waals surface area contributed by atoms with Crippen molar-refractivity contribution in [1.29, 1.82) is 0 Å². The van der Waals surface area contributed by atoms with Crippen molar-refractivity contribution in [3.63, 3.8) is 0 Å². The first kappa shape index (κ1) is 30.3. The quantitative estimate of drug-likeness (QED) is 0.169. The smallest absolute Gasteiger partial charge is 0.303 e. The number of fused-ring (bicyclic) bond motifs is 1. The van der Waals surface area contributed by atoms with Crippen LogP contribution in [0.2, 0.25) is 0 Å². The van der Waals surface area contributed by atoms with Crippen LogP contribution in [0.4, 0.5) is 0 Å². The van der Waals surface area contributed by atoms with Crippen LogP contribution in [0.1, 0.15) is 40.2 Å². The van der Waals surface area contributed by atoms with Gasteiger partial charge in [-0.3, -0.25) is 34.1 Å². The lowest BCUT2D eigenvalue weighted by atomic mass is 9.97. The lowest BCUT2D eigenvalue weighted by Gasteiger charge is -2.38. The Bertz CT molecular complexity index is 1130. The van der Waals surface area contributed by atoms with Crippen LogP contribution in [0.15, 0.2) is 34.9 Å². The SMILES string of the molecule is CC(=O)OC[C@@H](OC(C)=O)[C@@H](OC(C)=O)[C@H](OC(C)=O)[C@H](OC(C)=O)[C@H]1Sc2ccccc2C=C1[N+](=O)[O-]. The maximum atomic E-state index is 12.2. The van der Waals surface area contributed by atoms with Crippen molar-refractivity contribution in [2.75, 3.05) is 6.61 Å². The van der Waals surface area contributed by atoms with Crippen LogP contribution >= 0.6 is 11.8 Å². The topological polar surface area (TPSA) is 175 Å². The lowest BCUT2D eigenvalue weighted by Crippen LogP contribution is -2.56. The van der Waals surface area contributed by atoms with E-state index in [1.807, 2.05) is 0 Å². The fourth-order valence-corrected chi connectivity index (χ4v) is 5.01. The van der Waals surface area contributed by atoms with Gasteiger partial charge >= 0.3 is 29.8 Å². The van der Waals surface area contributed by atoms with Gasteiger partial charge in [-0.05, 0) is 11.6 Å². The molecule has 0 radical (unpaired) electrons. The maximum absolute atomic E-state index is 12.2. The largest absolute Gasteiger partial charge is 0.462 e. The molecule has 0 fully saturated rings. The first-order valence-electron chi connectivity index (χ1n) is 11.2. The number of ether oxygens (including phenoxy) is 5. The second-order valence-electron chi connectivity index (χ2n) is 8.08. The van der Waals surface area contributed by atoms with E-state index in [0.717, 1.165) is 46.4 Å². The number of rotatable bonds is 11. The summed E-state index contributed by atoms with van der Waals surface area (Å²) in [6, 6.07) is 6.74. The number of thioether (sulfide) groups is 1. The Morgan fingerprint density at radius 3 is 1.92 bits per heavy atom. The number of esters is 5. The third kappa shape index (κ3) is 8.57. The van der Waals surface area contributed by atoms with Crippen LogP contribution in [0.5, 0.6) is 0 Å². The Balaban J connectivity index is 2.71. The Labute approximate surface area is 221 Å². The molecule has 0 saturated carbocycles. The van der Waals surface area contributed by atoms with Crippen LogP contribution in [0.3, 0.4) is 0 Å². The van der Waals surface area contributed by atoms with Gasteiger partial charge in [0, 0.05) is 45.6 Å². The highest BCUT2D eigenvalue weighted by molar-refractivity contribution is 8.00. The zero-order valence-electron chi connectivity index (χ0n) is 21.2. The Morgan fingerprint density at radius 1 is 0.842 bits per heavy atom. The summed E-state index contributed by atoms with van der Waals surface area (Å²) in [7, 11) is 0. The van der Waals surface area contributed by atoms with Crippen LogP contribution < -0.4 is 0 Å². The molecular weight excluding hydrogens is 526 g/mol. The zero-order chi connectivity index (χ0) is 28.6. The molecule has 1 aliphatic heterocycles. The average molecular weight is 554 g/mol. The molecule has 1 aromatic rings. The fourth-order valence-electron chi connectivity index (χ4n) is 3.70. The highest BCUT2D eigenvalue weighted by Gasteiger charge is 2.51. The number of hydrogen-bond donors (Lipinski definition) is 0. The van der Waals surface area contributed by atoms with E-state index in [0.29, 0.717) is 10.5 Å². The molecule has 5 atom stereocenters. The van der Waals surface area contributed by atoms with Gasteiger partial charge in [0.05, 0.1) is 4.92 Å². The number of benzene rings is 1. The van der Waals surface area contributed by atoms with Gasteiger partial charge in [0.1, 0.15) is 11.9 Å². The molecule has 0 spiro atoms. The third-order valence-electron chi connectivity index (χ3n) is 4.97. The van der Waals surface area contributed by atoms with E-state index in [9.17, 15) is 34.1 Å². The molecule has 0 bridgehead atoms. The van der Waals surface area contributed by atoms with Crippen LogP contribution in [-0.2, 0) is 47.7 Å². The maximum Gasteiger partial charge on any atom is 0.303 e. The van der Waals surface area contributed by atoms with Gasteiger partial charge in [-0.1, -0.05) is 18.2 Å². The second kappa shape index (κ2) is 13.6. The molecule has 0 saturated heterocycles. The number of nitrogens with zero attached hydrogens (tertiary/aromatic N) is 1. The van der Waals surface area contributed by atoms with Crippen LogP contribution in [-0.4, -0.2) is 71.0 Å². The third-order valence-corrected chi connectivity index (χ3v) is 6.35. The summed E-state index contributed by atoms with van der Waals surface area (Å²) < 4.78 is 26.4. The molecule has 0 aromatic heterocycles. The Morgan fingerprint density at radius 2 is 1.39 bits per heavy atom. The molecule has 0 amide bonds. The first-order chi connectivity index (χ1) is 17.8. The molecule has 38 heavy (non-hydrogen) atoms. The number of nitro groups is 1. The number of carbonyl (C=O) groups excluding carboxylic acids is 5. The van der Waals surface area contributed by atoms with Crippen molar-refractivity contribution in [1.82, 2.24) is 0 Å². The number of hydrogen-bond acceptors (Lipinski definition) is 13. The molecule has 1 heterocycles. The molecule has 14 heteroatoms. The van der Waals surface area contributed by atoms with Gasteiger partial charge in [0.25, 0.3) is 5.70 Å². The van der Waals surface area contributed by atoms with Crippen LogP contribution in [0.25, 0.3) is 6.08 Å². The van der Waals surface area contributed by atoms with Crippen molar-refractivity contribution >= 4 is 47.7 Å². The molecule has 1 aliphatic rings. The van der Waals surface area contributed by atoms with Gasteiger partial charge in [0.15, 0.2) is 24.4 Å². The highest BCUT2D eigenvalue weighted by Crippen LogP contribution is 2.42. The van der Waals surface area contributed by atoms with E-state index < -0.39 is 71.0 Å². The van der Waals surface area contributed by atoms with E-state index in [2.05, 4.69) is 0 Å². The molecule has 206 valence electrons. The molecule has 0 unspecified atom stereocenters. The minimum atomic E-state index is -1.73. The molecule has 13 nitrogen and oxygen atoms in total. The Hall–Kier alpha value is -3.94. The predicted molar refractivity (Wildman–Crippen MR) is 130 cm³/mol. The minimum Gasteiger partial charge on any atom is -0.462 e. The van der Waals surface area contributed by atoms with E-state index >= 15 is 0 Å². The van der Waals surface area contributed by atoms with Crippen molar-refractivity contribution in [3.8, 4) is 0 Å². The van der Waals surface area contributed by atoms with Gasteiger partial charge in [-0.25, -0.2) is 0 Å². The van der Waals surface area contributed by atoms with Gasteiger partial charge in [-0.2, -0.15) is 0 Å². The summed E-state index contributed by atoms with van der Waals surface area (Å²) in [5.74, 6) is -4.36. The normalized spacial score (nSPS) is 17.3. The monoisotopic (exact) mass is 553 g/mol. The minimum absolute atomic E-state index is 0.386. The first-order valence-corrected chi connectivity index (χ1v) is 12.1. The van der Waals surface area contributed by atoms with E-state index in [1.54, 1.807) is 24.3 Å². The summed E-state index contributed by atoms with van der Waals surface area (Å²) in [4.78, 5) is 71.8. The second-order valence-corrected chi connectivity index (χ2v) is 9.26. The molecule has 0 N–H and O–H groups in total. The molecular formula is C24H27NO12S. The fraction of sp³-hybridized carbons (Fsp3) is 0.458. The van der Waals surface area contributed by atoms with Gasteiger partial charge in [-0.15, -0.1) is 11.8 Å². The van der Waals surface area contributed by atoms with E-state index in [4.69, 9.17) is 23.7 Å². The van der Waals surface area contributed by atoms with E-state index in [-0.39, 0.29) is 5.70 Å². The predicted octanol–water partition coefficient (Wildman–Crippen LogP) is 2.07. The van der Waals surface area contributed by atoms with Crippen molar-refractivity contribution in [2.45, 2.75) is 69.2 Å². The summed E-state index contributed by atoms with van der Waals surface area (Å²) in [5.41, 5.74) is 0.151. The van der Waals surface area contributed by atoms with Gasteiger partial charge < -0.3 is 23.7 Å². The zero-order valence-corrected chi connectivity index (χ0v) is 22.1. The van der Waals surface area contributed by atoms with Crippen molar-refractivity contribution < 1.29 is 52.6 Å². The summed E-state index contributed by atoms with van der Waals surface area (Å²) in [5, 5.41) is 10.8. The highest BCUT2D eigenvalue weighted by atomic mass is 32.2. The van der Waals surface area contributed by atoms with Crippen LogP contribution in [0, 0.1) is 10.1 Å². The van der Waals surface area contributed by atoms with Crippen molar-refractivity contribution in [3.05, 3.63) is 45.6 Å². The average Bonchev–Trinajstić information content (AvgIpc) is 2.81. The van der Waals surface area contributed by atoms with Gasteiger partial charge in [0.2, 0.25) is 0 Å². The summed E-state index contributed by atoms with van der Waals surface area (Å²) in [6.07, 6.45) is -5.29. The number of carbonyl (C=O) groups is 5.